The summed E-state index contributed by atoms with van der Waals surface area (Å²) in [5.41, 5.74) is 0. The molecular weight excluding hydrogens is 724 g/mol. The third-order valence-corrected chi connectivity index (χ3v) is 9.82. The first-order valence-electron chi connectivity index (χ1n) is 8.63. The number of carbonyl (C=O) groups is 2. The standard InChI is InChI=1S/C16H34N2O5Si2.2W/c1-7-21-15(19)9-11-17-13-24(3,4)23-25(5,6)14-18-12-10-16(20)22-8-2;;/h17-18H,1-2,7-14H2,3-6H3;;/q-2;;. The molecule has 27 heavy (non-hydrogen) atoms. The fourth-order valence-electron chi connectivity index (χ4n) is 2.35. The van der Waals surface area contributed by atoms with Crippen molar-refractivity contribution in [2.24, 2.45) is 0 Å². The van der Waals surface area contributed by atoms with Gasteiger partial charge in [0.2, 0.25) is 0 Å². The van der Waals surface area contributed by atoms with Crippen LogP contribution in [0.25, 0.3) is 0 Å². The smallest absolute Gasteiger partial charge is 0.304 e. The Kier molecular flexibility index (Phi) is 20.9. The summed E-state index contributed by atoms with van der Waals surface area (Å²) in [5, 5.41) is 6.57. The number of nitrogens with one attached hydrogen (secondary N) is 2. The van der Waals surface area contributed by atoms with Gasteiger partial charge in [-0.15, -0.1) is 0 Å². The van der Waals surface area contributed by atoms with Crippen LogP contribution in [0.2, 0.25) is 26.2 Å². The van der Waals surface area contributed by atoms with Crippen molar-refractivity contribution in [1.82, 2.24) is 10.6 Å². The molecule has 0 aromatic heterocycles. The molecule has 7 nitrogen and oxygen atoms in total. The van der Waals surface area contributed by atoms with Gasteiger partial charge in [0.1, 0.15) is 0 Å². The summed E-state index contributed by atoms with van der Waals surface area (Å²) >= 11 is 0. The second-order valence-electron chi connectivity index (χ2n) is 6.92. The molecule has 0 bridgehead atoms. The zero-order chi connectivity index (χ0) is 19.3. The molecule has 0 amide bonds. The summed E-state index contributed by atoms with van der Waals surface area (Å²) in [7, 11) is -3.76. The van der Waals surface area contributed by atoms with E-state index in [2.05, 4.69) is 50.7 Å². The van der Waals surface area contributed by atoms with Crippen LogP contribution < -0.4 is 10.6 Å². The van der Waals surface area contributed by atoms with Crippen molar-refractivity contribution >= 4 is 28.6 Å². The number of esters is 2. The fraction of sp³-hybridized carbons (Fsp3) is 0.750. The zero-order valence-electron chi connectivity index (χ0n) is 16.9. The summed E-state index contributed by atoms with van der Waals surface area (Å²) < 4.78 is 16.0. The Morgan fingerprint density at radius 3 is 1.41 bits per heavy atom. The topological polar surface area (TPSA) is 85.9 Å². The molecule has 0 aliphatic carbocycles. The van der Waals surface area contributed by atoms with Crippen LogP contribution in [0.3, 0.4) is 0 Å². The summed E-state index contributed by atoms with van der Waals surface area (Å²) in [5.74, 6) is -0.474. The summed E-state index contributed by atoms with van der Waals surface area (Å²) in [6, 6.07) is 0. The van der Waals surface area contributed by atoms with Crippen LogP contribution in [0, 0.1) is 13.8 Å². The van der Waals surface area contributed by atoms with Crippen LogP contribution in [-0.2, 0) is 65.3 Å². The predicted molar refractivity (Wildman–Crippen MR) is 104 cm³/mol. The van der Waals surface area contributed by atoms with E-state index < -0.39 is 16.6 Å². The molecule has 0 rings (SSSR count). The molecule has 0 aromatic carbocycles. The van der Waals surface area contributed by atoms with Crippen molar-refractivity contribution in [2.45, 2.75) is 39.0 Å². The molecular formula is C16H34N2O5Si2W2-2. The third-order valence-electron chi connectivity index (χ3n) is 3.19. The normalized spacial score (nSPS) is 11.2. The van der Waals surface area contributed by atoms with Gasteiger partial charge in [-0.05, 0) is 39.4 Å². The monoisotopic (exact) mass is 758 g/mol. The minimum Gasteiger partial charge on any atom is -0.499 e. The van der Waals surface area contributed by atoms with Crippen LogP contribution in [-0.4, -0.2) is 67.2 Å². The van der Waals surface area contributed by atoms with E-state index in [0.29, 0.717) is 25.9 Å². The van der Waals surface area contributed by atoms with E-state index in [1.165, 1.54) is 0 Å². The second kappa shape index (κ2) is 17.5. The number of hydrogen-bond donors (Lipinski definition) is 2. The molecule has 0 saturated carbocycles. The average Bonchev–Trinajstić information content (AvgIpc) is 2.48. The third kappa shape index (κ3) is 19.7. The maximum Gasteiger partial charge on any atom is 0.304 e. The molecule has 0 fully saturated rings. The van der Waals surface area contributed by atoms with Crippen LogP contribution >= 0.6 is 0 Å². The maximum atomic E-state index is 11.3. The van der Waals surface area contributed by atoms with Gasteiger partial charge >= 0.3 is 11.9 Å². The Hall–Kier alpha value is 0.630. The van der Waals surface area contributed by atoms with Gasteiger partial charge in [0.05, 0.1) is 12.8 Å². The van der Waals surface area contributed by atoms with E-state index in [9.17, 15) is 9.59 Å². The first kappa shape index (κ1) is 32.3. The first-order chi connectivity index (χ1) is 11.6. The molecule has 11 heteroatoms. The number of rotatable bonds is 14. The van der Waals surface area contributed by atoms with Gasteiger partial charge < -0.3 is 38.1 Å². The molecule has 0 spiro atoms. The largest absolute Gasteiger partial charge is 0.499 e. The average molecular weight is 758 g/mol. The van der Waals surface area contributed by atoms with E-state index in [0.717, 1.165) is 12.3 Å². The van der Waals surface area contributed by atoms with Gasteiger partial charge in [-0.3, -0.25) is 9.59 Å². The van der Waals surface area contributed by atoms with Crippen molar-refractivity contribution in [3.8, 4) is 0 Å². The Morgan fingerprint density at radius 1 is 0.778 bits per heavy atom. The van der Waals surface area contributed by atoms with E-state index in [1.54, 1.807) is 0 Å². The van der Waals surface area contributed by atoms with Crippen molar-refractivity contribution < 1.29 is 65.3 Å². The Morgan fingerprint density at radius 2 is 1.11 bits per heavy atom. The van der Waals surface area contributed by atoms with Crippen molar-refractivity contribution in [3.05, 3.63) is 13.8 Å². The molecule has 0 saturated heterocycles. The molecule has 0 unspecified atom stereocenters. The van der Waals surface area contributed by atoms with Gasteiger partial charge in [-0.25, -0.2) is 0 Å². The van der Waals surface area contributed by atoms with E-state index >= 15 is 0 Å². The summed E-state index contributed by atoms with van der Waals surface area (Å²) in [6.45, 7) is 17.1. The zero-order valence-corrected chi connectivity index (χ0v) is 24.8. The maximum absolute atomic E-state index is 11.3. The SMILES string of the molecule is [CH2-]COC(=O)CCNC[Si](C)(C)O[Si](C)(C)CNCCC(=O)OC[CH2-].[W].[W]. The minimum absolute atomic E-state index is 0. The quantitative estimate of drug-likeness (QED) is 0.119. The molecule has 160 valence electrons. The van der Waals surface area contributed by atoms with Gasteiger partial charge in [0, 0.05) is 67.6 Å². The first-order valence-corrected chi connectivity index (χ1v) is 14.9. The molecule has 0 aliphatic heterocycles. The fourth-order valence-corrected chi connectivity index (χ4v) is 10.5. The van der Waals surface area contributed by atoms with Gasteiger partial charge in [0.25, 0.3) is 0 Å². The number of hydrogen-bond acceptors (Lipinski definition) is 7. The van der Waals surface area contributed by atoms with Crippen LogP contribution in [0.5, 0.6) is 0 Å². The minimum atomic E-state index is -1.88. The van der Waals surface area contributed by atoms with Crippen molar-refractivity contribution in [2.75, 3.05) is 38.6 Å². The molecule has 0 aliphatic rings. The van der Waals surface area contributed by atoms with Crippen LogP contribution in [0.1, 0.15) is 12.8 Å². The van der Waals surface area contributed by atoms with Gasteiger partial charge in [-0.1, -0.05) is 0 Å². The summed E-state index contributed by atoms with van der Waals surface area (Å²) in [6.07, 6.45) is 2.23. The van der Waals surface area contributed by atoms with E-state index in [4.69, 9.17) is 13.6 Å². The molecule has 0 aromatic rings. The van der Waals surface area contributed by atoms with Crippen molar-refractivity contribution in [1.29, 1.82) is 0 Å². The molecule has 2 N–H and O–H groups in total. The van der Waals surface area contributed by atoms with Gasteiger partial charge in [-0.2, -0.15) is 0 Å². The van der Waals surface area contributed by atoms with Crippen molar-refractivity contribution in [3.63, 3.8) is 0 Å². The van der Waals surface area contributed by atoms with Gasteiger partial charge in [0.15, 0.2) is 16.6 Å². The van der Waals surface area contributed by atoms with E-state index in [-0.39, 0.29) is 67.3 Å². The van der Waals surface area contributed by atoms with Crippen LogP contribution in [0.15, 0.2) is 0 Å². The molecule has 0 radical (unpaired) electrons. The molecule has 0 atom stereocenters. The van der Waals surface area contributed by atoms with E-state index in [1.807, 2.05) is 0 Å². The summed E-state index contributed by atoms with van der Waals surface area (Å²) in [4.78, 5) is 22.5. The number of ether oxygens (including phenoxy) is 2. The number of carbonyl (C=O) groups excluding carboxylic acids is 2. The molecule has 0 heterocycles. The Balaban J connectivity index is -0.00000288. The Bertz CT molecular complexity index is 380. The van der Waals surface area contributed by atoms with Crippen LogP contribution in [0.4, 0.5) is 0 Å². The Labute approximate surface area is 195 Å². The predicted octanol–water partition coefficient (Wildman–Crippen LogP) is 1.20. The second-order valence-corrected chi connectivity index (χ2v) is 15.5.